The van der Waals surface area contributed by atoms with Gasteiger partial charge in [0.2, 0.25) is 0 Å². The Labute approximate surface area is 125 Å². The molecular weight excluding hydrogens is 266 g/mol. The lowest BCUT2D eigenvalue weighted by Gasteiger charge is -2.51. The van der Waals surface area contributed by atoms with Crippen LogP contribution in [0.5, 0.6) is 0 Å². The Hall–Kier alpha value is -1.62. The summed E-state index contributed by atoms with van der Waals surface area (Å²) in [5.41, 5.74) is 0.257. The van der Waals surface area contributed by atoms with Crippen LogP contribution in [-0.4, -0.2) is 56.7 Å². The molecule has 0 N–H and O–H groups in total. The molecule has 1 atom stereocenters. The molecule has 3 aliphatic heterocycles. The van der Waals surface area contributed by atoms with E-state index >= 15 is 0 Å². The number of methoxy groups -OCH3 is 1. The average Bonchev–Trinajstić information content (AvgIpc) is 2.55. The lowest BCUT2D eigenvalue weighted by atomic mass is 9.64. The molecule has 0 spiro atoms. The summed E-state index contributed by atoms with van der Waals surface area (Å²) >= 11 is 0. The molecule has 1 aromatic rings. The second-order valence-electron chi connectivity index (χ2n) is 6.29. The molecule has 4 rings (SSSR count). The number of pyridine rings is 1. The Morgan fingerprint density at radius 2 is 2.10 bits per heavy atom. The highest BCUT2D eigenvalue weighted by Crippen LogP contribution is 2.44. The van der Waals surface area contributed by atoms with Crippen LogP contribution in [0.1, 0.15) is 18.5 Å². The number of piperidine rings is 3. The first-order chi connectivity index (χ1) is 10.1. The van der Waals surface area contributed by atoms with Gasteiger partial charge in [-0.05, 0) is 44.0 Å². The molecule has 3 fully saturated rings. The van der Waals surface area contributed by atoms with Crippen LogP contribution in [0.25, 0.3) is 0 Å². The molecule has 5 heteroatoms. The molecule has 114 valence electrons. The number of anilines is 1. The van der Waals surface area contributed by atoms with Crippen LogP contribution in [0.2, 0.25) is 0 Å². The molecule has 5 nitrogen and oxygen atoms in total. The lowest BCUT2D eigenvalue weighted by Crippen LogP contribution is -2.61. The standard InChI is InChI=1S/C16H23N3O2/c1-18(2)14-6-4-5-13(17-14)16(15(20)21-3)11-19-9-7-12(16)8-10-19/h4-6,12H,7-11H2,1-3H3. The van der Waals surface area contributed by atoms with E-state index < -0.39 is 5.41 Å². The van der Waals surface area contributed by atoms with E-state index in [0.29, 0.717) is 5.92 Å². The smallest absolute Gasteiger partial charge is 0.319 e. The Morgan fingerprint density at radius 3 is 2.62 bits per heavy atom. The number of carbonyl (C=O) groups excluding carboxylic acids is 1. The number of aromatic nitrogens is 1. The number of esters is 1. The van der Waals surface area contributed by atoms with Gasteiger partial charge >= 0.3 is 5.97 Å². The zero-order valence-corrected chi connectivity index (χ0v) is 13.0. The Kier molecular flexibility index (Phi) is 3.61. The van der Waals surface area contributed by atoms with Gasteiger partial charge in [-0.25, -0.2) is 4.98 Å². The van der Waals surface area contributed by atoms with E-state index in [1.54, 1.807) is 0 Å². The molecule has 2 bridgehead atoms. The van der Waals surface area contributed by atoms with E-state index in [1.807, 2.05) is 37.2 Å². The van der Waals surface area contributed by atoms with E-state index in [9.17, 15) is 4.79 Å². The Morgan fingerprint density at radius 1 is 1.38 bits per heavy atom. The highest BCUT2D eigenvalue weighted by atomic mass is 16.5. The van der Waals surface area contributed by atoms with Crippen LogP contribution in [0.4, 0.5) is 5.82 Å². The second-order valence-corrected chi connectivity index (χ2v) is 6.29. The van der Waals surface area contributed by atoms with Gasteiger partial charge < -0.3 is 14.5 Å². The van der Waals surface area contributed by atoms with Crippen LogP contribution in [-0.2, 0) is 14.9 Å². The van der Waals surface area contributed by atoms with Crippen molar-refractivity contribution in [3.05, 3.63) is 23.9 Å². The molecule has 0 saturated carbocycles. The van der Waals surface area contributed by atoms with Crippen LogP contribution < -0.4 is 4.90 Å². The van der Waals surface area contributed by atoms with Crippen LogP contribution >= 0.6 is 0 Å². The normalized spacial score (nSPS) is 31.0. The van der Waals surface area contributed by atoms with Gasteiger partial charge in [0.15, 0.2) is 0 Å². The maximum Gasteiger partial charge on any atom is 0.319 e. The van der Waals surface area contributed by atoms with Crippen molar-refractivity contribution < 1.29 is 9.53 Å². The molecule has 4 heterocycles. The van der Waals surface area contributed by atoms with Crippen molar-refractivity contribution in [1.82, 2.24) is 9.88 Å². The first-order valence-corrected chi connectivity index (χ1v) is 7.53. The van der Waals surface area contributed by atoms with Crippen LogP contribution in [0.3, 0.4) is 0 Å². The van der Waals surface area contributed by atoms with Gasteiger partial charge in [-0.2, -0.15) is 0 Å². The van der Waals surface area contributed by atoms with Gasteiger partial charge in [-0.1, -0.05) is 6.07 Å². The number of rotatable bonds is 3. The zero-order chi connectivity index (χ0) is 15.0. The van der Waals surface area contributed by atoms with Crippen LogP contribution in [0, 0.1) is 5.92 Å². The number of carbonyl (C=O) groups is 1. The minimum absolute atomic E-state index is 0.139. The Balaban J connectivity index is 2.08. The van der Waals surface area contributed by atoms with Crippen LogP contribution in [0.15, 0.2) is 18.2 Å². The summed E-state index contributed by atoms with van der Waals surface area (Å²) in [6, 6.07) is 5.93. The van der Waals surface area contributed by atoms with Gasteiger partial charge in [-0.3, -0.25) is 4.79 Å². The van der Waals surface area contributed by atoms with Crippen molar-refractivity contribution in [2.45, 2.75) is 18.3 Å². The maximum atomic E-state index is 12.7. The average molecular weight is 289 g/mol. The number of hydrogen-bond donors (Lipinski definition) is 0. The van der Waals surface area contributed by atoms with Gasteiger partial charge in [0.05, 0.1) is 12.8 Å². The third-order valence-corrected chi connectivity index (χ3v) is 4.96. The van der Waals surface area contributed by atoms with Crippen molar-refractivity contribution in [2.24, 2.45) is 5.92 Å². The van der Waals surface area contributed by atoms with Crippen molar-refractivity contribution >= 4 is 11.8 Å². The summed E-state index contributed by atoms with van der Waals surface area (Å²) in [6.45, 7) is 2.89. The highest BCUT2D eigenvalue weighted by Gasteiger charge is 2.55. The predicted octanol–water partition coefficient (Wildman–Crippen LogP) is 1.28. The van der Waals surface area contributed by atoms with Crippen molar-refractivity contribution in [1.29, 1.82) is 0 Å². The molecule has 0 amide bonds. The van der Waals surface area contributed by atoms with Gasteiger partial charge in [-0.15, -0.1) is 0 Å². The quantitative estimate of drug-likeness (QED) is 0.785. The third kappa shape index (κ3) is 2.20. The fraction of sp³-hybridized carbons (Fsp3) is 0.625. The van der Waals surface area contributed by atoms with E-state index in [2.05, 4.69) is 4.90 Å². The van der Waals surface area contributed by atoms with Gasteiger partial charge in [0.1, 0.15) is 11.2 Å². The van der Waals surface area contributed by atoms with E-state index in [4.69, 9.17) is 9.72 Å². The molecule has 1 unspecified atom stereocenters. The van der Waals surface area contributed by atoms with Crippen molar-refractivity contribution in [2.75, 3.05) is 45.7 Å². The molecular formula is C16H23N3O2. The highest BCUT2D eigenvalue weighted by molar-refractivity contribution is 5.84. The molecule has 0 radical (unpaired) electrons. The van der Waals surface area contributed by atoms with Gasteiger partial charge in [0.25, 0.3) is 0 Å². The molecule has 3 aliphatic rings. The maximum absolute atomic E-state index is 12.7. The Bertz CT molecular complexity index is 538. The topological polar surface area (TPSA) is 45.7 Å². The van der Waals surface area contributed by atoms with E-state index in [0.717, 1.165) is 44.0 Å². The molecule has 1 aromatic heterocycles. The summed E-state index contributed by atoms with van der Waals surface area (Å²) < 4.78 is 5.18. The number of ether oxygens (including phenoxy) is 1. The largest absolute Gasteiger partial charge is 0.468 e. The zero-order valence-electron chi connectivity index (χ0n) is 13.0. The fourth-order valence-corrected chi connectivity index (χ4v) is 3.79. The third-order valence-electron chi connectivity index (χ3n) is 4.96. The number of hydrogen-bond acceptors (Lipinski definition) is 5. The first-order valence-electron chi connectivity index (χ1n) is 7.53. The molecule has 0 aliphatic carbocycles. The predicted molar refractivity (Wildman–Crippen MR) is 81.4 cm³/mol. The fourth-order valence-electron chi connectivity index (χ4n) is 3.79. The summed E-state index contributed by atoms with van der Waals surface area (Å²) in [7, 11) is 5.42. The summed E-state index contributed by atoms with van der Waals surface area (Å²) in [5.74, 6) is 1.08. The van der Waals surface area contributed by atoms with Crippen molar-refractivity contribution in [3.63, 3.8) is 0 Å². The second kappa shape index (κ2) is 5.30. The molecule has 3 saturated heterocycles. The SMILES string of the molecule is COC(=O)C1(c2cccc(N(C)C)n2)CN2CCC1CC2. The van der Waals surface area contributed by atoms with Gasteiger partial charge in [0, 0.05) is 20.6 Å². The lowest BCUT2D eigenvalue weighted by molar-refractivity contribution is -0.156. The summed E-state index contributed by atoms with van der Waals surface area (Å²) in [4.78, 5) is 21.7. The number of nitrogens with zero attached hydrogens (tertiary/aromatic N) is 3. The summed E-state index contributed by atoms with van der Waals surface area (Å²) in [6.07, 6.45) is 2.09. The summed E-state index contributed by atoms with van der Waals surface area (Å²) in [5, 5.41) is 0. The minimum Gasteiger partial charge on any atom is -0.468 e. The van der Waals surface area contributed by atoms with E-state index in [-0.39, 0.29) is 5.97 Å². The first kappa shape index (κ1) is 14.3. The van der Waals surface area contributed by atoms with E-state index in [1.165, 1.54) is 7.11 Å². The monoisotopic (exact) mass is 289 g/mol. The van der Waals surface area contributed by atoms with Crippen molar-refractivity contribution in [3.8, 4) is 0 Å². The number of fused-ring (bicyclic) bond motifs is 3. The minimum atomic E-state index is -0.600. The molecule has 21 heavy (non-hydrogen) atoms. The molecule has 0 aromatic carbocycles.